The fraction of sp³-hybridized carbons (Fsp3) is 0.667. The van der Waals surface area contributed by atoms with Gasteiger partial charge in [0.1, 0.15) is 0 Å². The van der Waals surface area contributed by atoms with Gasteiger partial charge >= 0.3 is 0 Å². The first kappa shape index (κ1) is 13.1. The summed E-state index contributed by atoms with van der Waals surface area (Å²) in [6.45, 7) is 12.2. The van der Waals surface area contributed by atoms with E-state index in [4.69, 9.17) is 0 Å². The second-order valence-electron chi connectivity index (χ2n) is 4.23. The highest BCUT2D eigenvalue weighted by Gasteiger charge is 2.25. The molecule has 0 aliphatic rings. The van der Waals surface area contributed by atoms with Crippen molar-refractivity contribution in [3.8, 4) is 0 Å². The molecule has 14 heavy (non-hydrogen) atoms. The summed E-state index contributed by atoms with van der Waals surface area (Å²) in [5.74, 6) is 0.468. The molecule has 0 aromatic carbocycles. The Labute approximate surface area is 87.1 Å². The molecule has 0 heterocycles. The lowest BCUT2D eigenvalue weighted by Gasteiger charge is -2.30. The molecule has 0 fully saturated rings. The lowest BCUT2D eigenvalue weighted by molar-refractivity contribution is 0.254. The van der Waals surface area contributed by atoms with E-state index < -0.39 is 0 Å². The monoisotopic (exact) mass is 195 g/mol. The van der Waals surface area contributed by atoms with Crippen molar-refractivity contribution in [3.63, 3.8) is 0 Å². The highest BCUT2D eigenvalue weighted by atomic mass is 16.3. The molecule has 0 amide bonds. The van der Waals surface area contributed by atoms with Crippen LogP contribution in [0.3, 0.4) is 0 Å². The van der Waals surface area contributed by atoms with Gasteiger partial charge in [0.2, 0.25) is 0 Å². The Morgan fingerprint density at radius 1 is 1.36 bits per heavy atom. The normalized spacial score (nSPS) is 13.3. The van der Waals surface area contributed by atoms with E-state index >= 15 is 0 Å². The van der Waals surface area contributed by atoms with E-state index in [1.807, 2.05) is 12.2 Å². The van der Waals surface area contributed by atoms with Gasteiger partial charge in [-0.1, -0.05) is 31.2 Å². The van der Waals surface area contributed by atoms with Gasteiger partial charge in [-0.2, -0.15) is 4.91 Å². The highest BCUT2D eigenvalue weighted by molar-refractivity contribution is 4.93. The Hall–Kier alpha value is -0.920. The van der Waals surface area contributed by atoms with E-state index in [2.05, 4.69) is 32.2 Å². The van der Waals surface area contributed by atoms with Crippen LogP contribution in [0.25, 0.3) is 0 Å². The maximum atomic E-state index is 10.1. The van der Waals surface area contributed by atoms with E-state index in [1.54, 1.807) is 0 Å². The molecule has 80 valence electrons. The van der Waals surface area contributed by atoms with Gasteiger partial charge < -0.3 is 0 Å². The number of rotatable bonds is 8. The first-order valence-electron chi connectivity index (χ1n) is 5.12. The molecule has 0 aromatic heterocycles. The molecule has 0 saturated carbocycles. The third-order valence-corrected chi connectivity index (χ3v) is 2.87. The molecule has 0 N–H and O–H groups in total. The molecule has 1 unspecified atom stereocenters. The third kappa shape index (κ3) is 4.35. The molecule has 0 bridgehead atoms. The molecule has 0 rings (SSSR count). The second kappa shape index (κ2) is 6.52. The molecular formula is C12H21NO. The zero-order chi connectivity index (χ0) is 11.0. The van der Waals surface area contributed by atoms with Gasteiger partial charge in [0.05, 0.1) is 6.54 Å². The van der Waals surface area contributed by atoms with E-state index in [1.165, 1.54) is 0 Å². The summed E-state index contributed by atoms with van der Waals surface area (Å²) in [6.07, 6.45) is 6.77. The van der Waals surface area contributed by atoms with Crippen molar-refractivity contribution < 1.29 is 0 Å². The number of allylic oxidation sites excluding steroid dienone is 2. The van der Waals surface area contributed by atoms with Gasteiger partial charge in [-0.3, -0.25) is 0 Å². The average molecular weight is 195 g/mol. The first-order valence-corrected chi connectivity index (χ1v) is 5.12. The summed E-state index contributed by atoms with van der Waals surface area (Å²) in [4.78, 5) is 10.1. The van der Waals surface area contributed by atoms with Crippen molar-refractivity contribution in [2.75, 3.05) is 6.54 Å². The Bertz CT molecular complexity index is 184. The van der Waals surface area contributed by atoms with Crippen molar-refractivity contribution in [2.45, 2.75) is 33.1 Å². The van der Waals surface area contributed by atoms with Crippen LogP contribution >= 0.6 is 0 Å². The van der Waals surface area contributed by atoms with Crippen molar-refractivity contribution in [2.24, 2.45) is 16.5 Å². The minimum atomic E-state index is 0.0771. The van der Waals surface area contributed by atoms with Crippen molar-refractivity contribution in [1.82, 2.24) is 0 Å². The average Bonchev–Trinajstić information content (AvgIpc) is 2.17. The lowest BCUT2D eigenvalue weighted by Crippen LogP contribution is -2.22. The molecule has 0 aliphatic carbocycles. The molecule has 0 aliphatic heterocycles. The standard InChI is InChI=1S/C12H21NO/c1-5-7-8-11(9-10-13-14)12(3,4)6-2/h5-6,11H,1-2,7-10H2,3-4H3. The van der Waals surface area contributed by atoms with Crippen LogP contribution in [0.4, 0.5) is 0 Å². The molecule has 2 heteroatoms. The van der Waals surface area contributed by atoms with E-state index in [0.29, 0.717) is 12.5 Å². The summed E-state index contributed by atoms with van der Waals surface area (Å²) in [6, 6.07) is 0. The summed E-state index contributed by atoms with van der Waals surface area (Å²) in [7, 11) is 0. The van der Waals surface area contributed by atoms with Gasteiger partial charge in [0.25, 0.3) is 0 Å². The highest BCUT2D eigenvalue weighted by Crippen LogP contribution is 2.34. The van der Waals surface area contributed by atoms with Crippen LogP contribution in [0.1, 0.15) is 33.1 Å². The van der Waals surface area contributed by atoms with Crippen LogP contribution in [0.15, 0.2) is 30.5 Å². The van der Waals surface area contributed by atoms with E-state index in [-0.39, 0.29) is 5.41 Å². The van der Waals surface area contributed by atoms with Gasteiger partial charge in [0.15, 0.2) is 0 Å². The quantitative estimate of drug-likeness (QED) is 0.426. The number of hydrogen-bond donors (Lipinski definition) is 0. The zero-order valence-electron chi connectivity index (χ0n) is 9.33. The maximum Gasteiger partial charge on any atom is 0.0814 e. The van der Waals surface area contributed by atoms with Crippen LogP contribution in [0, 0.1) is 16.2 Å². The van der Waals surface area contributed by atoms with Crippen LogP contribution in [0.5, 0.6) is 0 Å². The van der Waals surface area contributed by atoms with E-state index in [9.17, 15) is 4.91 Å². The smallest absolute Gasteiger partial charge is 0.0814 e. The van der Waals surface area contributed by atoms with Crippen LogP contribution in [-0.4, -0.2) is 6.54 Å². The van der Waals surface area contributed by atoms with Gasteiger partial charge in [-0.15, -0.1) is 13.2 Å². The van der Waals surface area contributed by atoms with Crippen molar-refractivity contribution in [3.05, 3.63) is 30.2 Å². The summed E-state index contributed by atoms with van der Waals surface area (Å²) >= 11 is 0. The van der Waals surface area contributed by atoms with Crippen molar-refractivity contribution >= 4 is 0 Å². The summed E-state index contributed by atoms with van der Waals surface area (Å²) in [5.41, 5.74) is 0.0771. The van der Waals surface area contributed by atoms with Crippen LogP contribution in [0.2, 0.25) is 0 Å². The fourth-order valence-electron chi connectivity index (χ4n) is 1.58. The number of hydrogen-bond acceptors (Lipinski definition) is 2. The lowest BCUT2D eigenvalue weighted by atomic mass is 9.75. The largest absolute Gasteiger partial charge is 0.151 e. The third-order valence-electron chi connectivity index (χ3n) is 2.87. The number of nitrogens with zero attached hydrogens (tertiary/aromatic N) is 1. The van der Waals surface area contributed by atoms with Gasteiger partial charge in [0, 0.05) is 0 Å². The molecule has 2 nitrogen and oxygen atoms in total. The minimum Gasteiger partial charge on any atom is -0.151 e. The predicted octanol–water partition coefficient (Wildman–Crippen LogP) is 3.94. The Balaban J connectivity index is 4.27. The Morgan fingerprint density at radius 2 is 2.00 bits per heavy atom. The van der Waals surface area contributed by atoms with Crippen LogP contribution < -0.4 is 0 Å². The Morgan fingerprint density at radius 3 is 2.43 bits per heavy atom. The van der Waals surface area contributed by atoms with E-state index in [0.717, 1.165) is 19.3 Å². The minimum absolute atomic E-state index is 0.0771. The molecule has 0 spiro atoms. The fourth-order valence-corrected chi connectivity index (χ4v) is 1.58. The SMILES string of the molecule is C=CCCC(CCN=O)C(C)(C)C=C. The predicted molar refractivity (Wildman–Crippen MR) is 62.2 cm³/mol. The van der Waals surface area contributed by atoms with Crippen molar-refractivity contribution in [1.29, 1.82) is 0 Å². The van der Waals surface area contributed by atoms with Gasteiger partial charge in [-0.25, -0.2) is 0 Å². The Kier molecular flexibility index (Phi) is 6.09. The topological polar surface area (TPSA) is 29.4 Å². The maximum absolute atomic E-state index is 10.1. The second-order valence-corrected chi connectivity index (χ2v) is 4.23. The molecule has 0 aromatic rings. The zero-order valence-corrected chi connectivity index (χ0v) is 9.33. The van der Waals surface area contributed by atoms with Gasteiger partial charge in [-0.05, 0) is 30.6 Å². The summed E-state index contributed by atoms with van der Waals surface area (Å²) in [5, 5.41) is 2.92. The molecule has 0 radical (unpaired) electrons. The molecule has 1 atom stereocenters. The number of nitroso groups, excluding NO2 is 1. The molecular weight excluding hydrogens is 174 g/mol. The first-order chi connectivity index (χ1) is 6.58. The van der Waals surface area contributed by atoms with Crippen LogP contribution in [-0.2, 0) is 0 Å². The molecule has 0 saturated heterocycles. The summed E-state index contributed by atoms with van der Waals surface area (Å²) < 4.78 is 0.